The Morgan fingerprint density at radius 1 is 1.40 bits per heavy atom. The fourth-order valence-corrected chi connectivity index (χ4v) is 0.708. The summed E-state index contributed by atoms with van der Waals surface area (Å²) in [5.41, 5.74) is 0. The van der Waals surface area contributed by atoms with Gasteiger partial charge >= 0.3 is 6.03 Å². The number of hydrogen-bond donors (Lipinski definition) is 2. The average molecular weight is 209 g/mol. The Bertz CT molecular complexity index is 257. The van der Waals surface area contributed by atoms with Crippen LogP contribution in [-0.4, -0.2) is 12.2 Å². The van der Waals surface area contributed by atoms with Crippen LogP contribution in [0.4, 0.5) is 4.79 Å². The Hall–Kier alpha value is -1.58. The maximum Gasteiger partial charge on any atom is 0.322 e. The number of hydrogen-bond acceptors (Lipinski definition) is 2. The molecule has 4 heteroatoms. The van der Waals surface area contributed by atoms with Crippen molar-refractivity contribution in [2.75, 3.05) is 0 Å². The number of rotatable bonds is 5. The molecular formula is C11H19N3O. The molecule has 0 aromatic rings. The van der Waals surface area contributed by atoms with Crippen LogP contribution in [0.2, 0.25) is 0 Å². The number of nitrogens with zero attached hydrogens (tertiary/aromatic N) is 1. The highest BCUT2D eigenvalue weighted by atomic mass is 16.2. The highest BCUT2D eigenvalue weighted by molar-refractivity contribution is 5.75. The molecule has 4 nitrogen and oxygen atoms in total. The third-order valence-electron chi connectivity index (χ3n) is 1.81. The van der Waals surface area contributed by atoms with Gasteiger partial charge in [-0.25, -0.2) is 4.79 Å². The van der Waals surface area contributed by atoms with Crippen LogP contribution in [0.15, 0.2) is 29.7 Å². The van der Waals surface area contributed by atoms with Gasteiger partial charge in [0.2, 0.25) is 0 Å². The number of amides is 2. The Labute approximate surface area is 91.2 Å². The van der Waals surface area contributed by atoms with Crippen LogP contribution < -0.4 is 10.6 Å². The highest BCUT2D eigenvalue weighted by Gasteiger charge is 1.93. The first-order chi connectivity index (χ1) is 7.20. The maximum atomic E-state index is 11.1. The number of carbonyl (C=O) groups excluding carboxylic acids is 1. The lowest BCUT2D eigenvalue weighted by Crippen LogP contribution is -2.27. The first-order valence-electron chi connectivity index (χ1n) is 5.07. The van der Waals surface area contributed by atoms with Gasteiger partial charge in [0.05, 0.1) is 0 Å². The topological polar surface area (TPSA) is 53.5 Å². The summed E-state index contributed by atoms with van der Waals surface area (Å²) in [5.74, 6) is 0.477. The van der Waals surface area contributed by atoms with Gasteiger partial charge < -0.3 is 10.6 Å². The minimum Gasteiger partial charge on any atom is -0.315 e. The van der Waals surface area contributed by atoms with E-state index in [0.717, 1.165) is 6.42 Å². The van der Waals surface area contributed by atoms with Crippen LogP contribution in [0.3, 0.4) is 0 Å². The molecule has 0 spiro atoms. The highest BCUT2D eigenvalue weighted by Crippen LogP contribution is 2.00. The molecule has 0 bridgehead atoms. The first-order valence-corrected chi connectivity index (χ1v) is 5.07. The molecule has 1 atom stereocenters. The zero-order valence-electron chi connectivity index (χ0n) is 9.53. The summed E-state index contributed by atoms with van der Waals surface area (Å²) < 4.78 is 0. The summed E-state index contributed by atoms with van der Waals surface area (Å²) in [7, 11) is 0. The third kappa shape index (κ3) is 8.74. The monoisotopic (exact) mass is 209 g/mol. The zero-order valence-corrected chi connectivity index (χ0v) is 9.53. The van der Waals surface area contributed by atoms with Gasteiger partial charge in [0.1, 0.15) is 0 Å². The number of carbonyl (C=O) groups is 1. The molecule has 0 aliphatic rings. The second-order valence-electron chi connectivity index (χ2n) is 3.09. The lowest BCUT2D eigenvalue weighted by molar-refractivity contribution is 0.247. The molecule has 2 N–H and O–H groups in total. The molecule has 1 unspecified atom stereocenters. The molecule has 0 aliphatic heterocycles. The van der Waals surface area contributed by atoms with E-state index >= 15 is 0 Å². The molecule has 0 aromatic carbocycles. The summed E-state index contributed by atoms with van der Waals surface area (Å²) >= 11 is 0. The van der Waals surface area contributed by atoms with E-state index in [1.165, 1.54) is 12.4 Å². The fraction of sp³-hybridized carbons (Fsp3) is 0.455. The minimum atomic E-state index is -0.267. The zero-order chi connectivity index (χ0) is 11.5. The fourth-order valence-electron chi connectivity index (χ4n) is 0.708. The Balaban J connectivity index is 3.70. The van der Waals surface area contributed by atoms with Crippen molar-refractivity contribution < 1.29 is 4.79 Å². The summed E-state index contributed by atoms with van der Waals surface area (Å²) in [6.45, 7) is 5.99. The molecule has 0 saturated carbocycles. The third-order valence-corrected chi connectivity index (χ3v) is 1.81. The van der Waals surface area contributed by atoms with Gasteiger partial charge in [0.25, 0.3) is 0 Å². The van der Waals surface area contributed by atoms with Crippen LogP contribution >= 0.6 is 0 Å². The summed E-state index contributed by atoms with van der Waals surface area (Å²) in [4.78, 5) is 14.9. The lowest BCUT2D eigenvalue weighted by atomic mass is 10.1. The molecule has 0 radical (unpaired) electrons. The smallest absolute Gasteiger partial charge is 0.315 e. The normalized spacial score (nSPS) is 13.8. The van der Waals surface area contributed by atoms with E-state index in [0.29, 0.717) is 5.92 Å². The Kier molecular flexibility index (Phi) is 8.05. The number of allylic oxidation sites excluding steroid dienone is 1. The molecule has 0 rings (SSSR count). The lowest BCUT2D eigenvalue weighted by Gasteiger charge is -2.01. The first kappa shape index (κ1) is 13.4. The van der Waals surface area contributed by atoms with E-state index in [1.54, 1.807) is 19.3 Å². The number of nitrogens with one attached hydrogen (secondary N) is 2. The van der Waals surface area contributed by atoms with Crippen LogP contribution in [0.5, 0.6) is 0 Å². The summed E-state index contributed by atoms with van der Waals surface area (Å²) in [5, 5.41) is 5.10. The molecule has 0 aliphatic carbocycles. The summed E-state index contributed by atoms with van der Waals surface area (Å²) in [6, 6.07) is -0.267. The Morgan fingerprint density at radius 3 is 2.67 bits per heavy atom. The molecule has 0 aromatic heterocycles. The van der Waals surface area contributed by atoms with Crippen molar-refractivity contribution >= 4 is 12.2 Å². The van der Waals surface area contributed by atoms with Gasteiger partial charge in [-0.15, -0.1) is 0 Å². The van der Waals surface area contributed by atoms with Crippen molar-refractivity contribution in [1.29, 1.82) is 0 Å². The van der Waals surface area contributed by atoms with E-state index in [-0.39, 0.29) is 6.03 Å². The molecule has 0 heterocycles. The van der Waals surface area contributed by atoms with E-state index in [1.807, 2.05) is 6.08 Å². The van der Waals surface area contributed by atoms with E-state index in [4.69, 9.17) is 0 Å². The second kappa shape index (κ2) is 8.99. The van der Waals surface area contributed by atoms with Crippen molar-refractivity contribution in [2.45, 2.75) is 27.2 Å². The van der Waals surface area contributed by atoms with E-state index in [2.05, 4.69) is 29.5 Å². The number of aliphatic imine (C=N–C) groups is 1. The van der Waals surface area contributed by atoms with Gasteiger partial charge in [-0.05, 0) is 12.8 Å². The van der Waals surface area contributed by atoms with Crippen molar-refractivity contribution in [3.05, 3.63) is 24.7 Å². The largest absolute Gasteiger partial charge is 0.322 e. The SMILES string of the molecule is CC=N/C=C\NC(=O)N/C=C\C(C)CC. The molecule has 15 heavy (non-hydrogen) atoms. The Morgan fingerprint density at radius 2 is 2.07 bits per heavy atom. The molecule has 0 fully saturated rings. The molecular weight excluding hydrogens is 190 g/mol. The predicted octanol–water partition coefficient (Wildman–Crippen LogP) is 2.41. The van der Waals surface area contributed by atoms with Crippen LogP contribution in [0, 0.1) is 5.92 Å². The van der Waals surface area contributed by atoms with Gasteiger partial charge in [0.15, 0.2) is 0 Å². The molecule has 0 saturated heterocycles. The van der Waals surface area contributed by atoms with Crippen LogP contribution in [0.1, 0.15) is 27.2 Å². The van der Waals surface area contributed by atoms with Gasteiger partial charge in [-0.3, -0.25) is 4.99 Å². The van der Waals surface area contributed by atoms with Crippen molar-refractivity contribution in [3.8, 4) is 0 Å². The van der Waals surface area contributed by atoms with Crippen LogP contribution in [0.25, 0.3) is 0 Å². The van der Waals surface area contributed by atoms with Crippen molar-refractivity contribution in [3.63, 3.8) is 0 Å². The van der Waals surface area contributed by atoms with Gasteiger partial charge in [0, 0.05) is 24.8 Å². The summed E-state index contributed by atoms with van der Waals surface area (Å²) in [6.07, 6.45) is 9.29. The minimum absolute atomic E-state index is 0.267. The van der Waals surface area contributed by atoms with Crippen LogP contribution in [-0.2, 0) is 0 Å². The molecule has 84 valence electrons. The average Bonchev–Trinajstić information content (AvgIpc) is 2.24. The quantitative estimate of drug-likeness (QED) is 0.671. The number of urea groups is 1. The second-order valence-corrected chi connectivity index (χ2v) is 3.09. The van der Waals surface area contributed by atoms with Crippen molar-refractivity contribution in [2.24, 2.45) is 10.9 Å². The molecule has 2 amide bonds. The standard InChI is InChI=1S/C11H19N3O/c1-4-10(3)6-7-13-11(15)14-9-8-12-5-2/h5-10H,4H2,1-3H3,(H2,13,14,15)/b7-6-,9-8-,12-5?. The van der Waals surface area contributed by atoms with Gasteiger partial charge in [-0.2, -0.15) is 0 Å². The predicted molar refractivity (Wildman–Crippen MR) is 63.6 cm³/mol. The van der Waals surface area contributed by atoms with Gasteiger partial charge in [-0.1, -0.05) is 26.3 Å². The van der Waals surface area contributed by atoms with E-state index < -0.39 is 0 Å². The maximum absolute atomic E-state index is 11.1. The van der Waals surface area contributed by atoms with Crippen molar-refractivity contribution in [1.82, 2.24) is 10.6 Å². The van der Waals surface area contributed by atoms with E-state index in [9.17, 15) is 4.79 Å².